The lowest BCUT2D eigenvalue weighted by atomic mass is 10.0. The first-order valence-corrected chi connectivity index (χ1v) is 18.3. The highest BCUT2D eigenvalue weighted by molar-refractivity contribution is 8.24. The first-order chi connectivity index (χ1) is 21.7. The predicted molar refractivity (Wildman–Crippen MR) is 188 cm³/mol. The molecule has 1 amide bonds. The maximum Gasteiger partial charge on any atom is 0.339 e. The monoisotopic (exact) mass is 728 g/mol. The molecular formula is C30H33Cl4N6O5P. The first-order valence-electron chi connectivity index (χ1n) is 13.5. The number of carboxylic acids is 1. The summed E-state index contributed by atoms with van der Waals surface area (Å²) >= 11 is 19.8. The topological polar surface area (TPSA) is 195 Å². The molecule has 5 aromatic rings. The number of aromatic carboxylic acids is 1. The van der Waals surface area contributed by atoms with Crippen LogP contribution in [0.15, 0.2) is 72.0 Å². The number of anilines is 1. The number of aromatic nitrogens is 4. The Kier molecular flexibility index (Phi) is 17.9. The van der Waals surface area contributed by atoms with Crippen molar-refractivity contribution in [3.05, 3.63) is 105 Å². The van der Waals surface area contributed by atoms with Gasteiger partial charge in [-0.15, -0.1) is 0 Å². The molecule has 5 rings (SSSR count). The SMILES string of the molecule is CCc1cccc(N)c1C(=O)O.CCc1cccc2nc[nH]c(=O)c12.CCc1cccc2ncnc(Cl)c12.NC=O.O=P(Cl)(Cl)Cl. The molecule has 2 heterocycles. The highest BCUT2D eigenvalue weighted by Crippen LogP contribution is 2.61. The van der Waals surface area contributed by atoms with Gasteiger partial charge < -0.3 is 21.6 Å². The van der Waals surface area contributed by atoms with Crippen LogP contribution in [0.5, 0.6) is 0 Å². The van der Waals surface area contributed by atoms with E-state index in [0.29, 0.717) is 22.6 Å². The van der Waals surface area contributed by atoms with E-state index in [1.165, 1.54) is 18.2 Å². The quantitative estimate of drug-likeness (QED) is 0.0618. The molecule has 0 bridgehead atoms. The van der Waals surface area contributed by atoms with Crippen LogP contribution in [0.1, 0.15) is 47.8 Å². The maximum absolute atomic E-state index is 11.5. The molecule has 11 nitrogen and oxygen atoms in total. The van der Waals surface area contributed by atoms with Gasteiger partial charge in [0.25, 0.3) is 5.56 Å². The third-order valence-electron chi connectivity index (χ3n) is 6.00. The standard InChI is InChI=1S/C10H9ClN2.C10H10N2O.C9H11NO2.CH3NO.Cl3OP/c1-2-7-4-3-5-8-9(7)10(11)13-6-12-8;1-2-7-4-3-5-8-9(7)10(13)12-6-11-8;1-2-6-4-3-5-7(10)8(6)9(11)12;2-1-3;1-5(2,3)4/h3-6H,2H2,1H3;3-6H,2H2,1H3,(H,11,12,13);3-5H,2,10H2,1H3,(H,11,12);1H,(H2,2,3);. The Hall–Kier alpha value is -3.73. The number of benzene rings is 3. The van der Waals surface area contributed by atoms with Crippen LogP contribution in [0.4, 0.5) is 5.69 Å². The molecule has 6 N–H and O–H groups in total. The van der Waals surface area contributed by atoms with Crippen molar-refractivity contribution >= 4 is 90.4 Å². The molecule has 3 aromatic carbocycles. The number of H-pyrrole nitrogens is 1. The Morgan fingerprint density at radius 1 is 0.870 bits per heavy atom. The number of hydrogen-bond donors (Lipinski definition) is 4. The van der Waals surface area contributed by atoms with Crippen LogP contribution in [0.25, 0.3) is 21.8 Å². The van der Waals surface area contributed by atoms with Gasteiger partial charge in [-0.3, -0.25) is 14.2 Å². The number of fused-ring (bicyclic) bond motifs is 2. The molecule has 0 saturated heterocycles. The van der Waals surface area contributed by atoms with Gasteiger partial charge in [0.1, 0.15) is 11.5 Å². The molecule has 0 unspecified atom stereocenters. The van der Waals surface area contributed by atoms with Gasteiger partial charge in [0.05, 0.1) is 28.3 Å². The van der Waals surface area contributed by atoms with Crippen LogP contribution in [0.2, 0.25) is 5.15 Å². The summed E-state index contributed by atoms with van der Waals surface area (Å²) in [5, 5.41) is 7.82. The normalized spacial score (nSPS) is 10.1. The van der Waals surface area contributed by atoms with Gasteiger partial charge in [-0.25, -0.2) is 19.7 Å². The predicted octanol–water partition coefficient (Wildman–Crippen LogP) is 7.77. The number of rotatable bonds is 4. The second kappa shape index (κ2) is 20.4. The number of primary amides is 1. The number of halogens is 4. The van der Waals surface area contributed by atoms with E-state index in [4.69, 9.17) is 27.2 Å². The maximum atomic E-state index is 11.5. The second-order valence-electron chi connectivity index (χ2n) is 8.80. The largest absolute Gasteiger partial charge is 0.478 e. The Morgan fingerprint density at radius 2 is 1.33 bits per heavy atom. The lowest BCUT2D eigenvalue weighted by Crippen LogP contribution is -2.08. The van der Waals surface area contributed by atoms with Crippen molar-refractivity contribution in [2.75, 3.05) is 5.73 Å². The zero-order valence-electron chi connectivity index (χ0n) is 25.1. The van der Waals surface area contributed by atoms with Gasteiger partial charge in [-0.05, 0) is 87.9 Å². The summed E-state index contributed by atoms with van der Waals surface area (Å²) in [5.74, 6) is -0.954. The van der Waals surface area contributed by atoms with Crippen LogP contribution in [-0.4, -0.2) is 37.4 Å². The molecule has 0 aliphatic rings. The number of carboxylic acid groups (broad SMARTS) is 1. The highest BCUT2D eigenvalue weighted by Gasteiger charge is 2.11. The Bertz CT molecular complexity index is 1830. The van der Waals surface area contributed by atoms with Crippen molar-refractivity contribution in [2.45, 2.75) is 40.0 Å². The lowest BCUT2D eigenvalue weighted by molar-refractivity contribution is -0.106. The fourth-order valence-corrected chi connectivity index (χ4v) is 4.35. The highest BCUT2D eigenvalue weighted by atomic mass is 36.0. The van der Waals surface area contributed by atoms with Crippen LogP contribution in [0, 0.1) is 0 Å². The van der Waals surface area contributed by atoms with E-state index in [-0.39, 0.29) is 17.5 Å². The number of nitrogens with two attached hydrogens (primary N) is 2. The molecule has 0 radical (unpaired) electrons. The van der Waals surface area contributed by atoms with Gasteiger partial charge in [0, 0.05) is 11.1 Å². The number of nitrogens with zero attached hydrogens (tertiary/aromatic N) is 3. The van der Waals surface area contributed by atoms with Gasteiger partial charge in [-0.2, -0.15) is 0 Å². The van der Waals surface area contributed by atoms with E-state index in [2.05, 4.69) is 72.4 Å². The molecule has 0 saturated carbocycles. The third kappa shape index (κ3) is 13.3. The van der Waals surface area contributed by atoms with E-state index in [1.807, 2.05) is 44.2 Å². The molecule has 0 fully saturated rings. The summed E-state index contributed by atoms with van der Waals surface area (Å²) < 4.78 is 9.51. The minimum atomic E-state index is -3.22. The molecular weight excluding hydrogens is 697 g/mol. The van der Waals surface area contributed by atoms with Gasteiger partial charge in [0.15, 0.2) is 0 Å². The van der Waals surface area contributed by atoms with Gasteiger partial charge >= 0.3 is 11.2 Å². The summed E-state index contributed by atoms with van der Waals surface area (Å²) in [7, 11) is 0. The van der Waals surface area contributed by atoms with Crippen molar-refractivity contribution in [2.24, 2.45) is 5.73 Å². The van der Waals surface area contributed by atoms with E-state index in [9.17, 15) is 14.2 Å². The lowest BCUT2D eigenvalue weighted by Gasteiger charge is -2.05. The second-order valence-corrected chi connectivity index (χ2v) is 15.8. The number of aryl methyl sites for hydroxylation is 3. The summed E-state index contributed by atoms with van der Waals surface area (Å²) in [5.41, 5.74) is 14.9. The molecule has 2 aromatic heterocycles. The molecule has 0 spiro atoms. The van der Waals surface area contributed by atoms with E-state index < -0.39 is 11.2 Å². The molecule has 246 valence electrons. The zero-order valence-corrected chi connectivity index (χ0v) is 29.0. The average Bonchev–Trinajstić information content (AvgIpc) is 3.00. The summed E-state index contributed by atoms with van der Waals surface area (Å²) in [6.07, 6.45) is 5.66. The van der Waals surface area contributed by atoms with E-state index in [1.54, 1.807) is 18.2 Å². The number of carbonyl (C=O) groups is 2. The molecule has 0 aliphatic carbocycles. The molecule has 16 heteroatoms. The van der Waals surface area contributed by atoms with Crippen molar-refractivity contribution < 1.29 is 19.3 Å². The Morgan fingerprint density at radius 3 is 1.80 bits per heavy atom. The number of carbonyl (C=O) groups excluding carboxylic acids is 1. The van der Waals surface area contributed by atoms with Crippen LogP contribution < -0.4 is 17.0 Å². The first kappa shape index (κ1) is 40.3. The number of nitrogens with one attached hydrogen (secondary N) is 1. The van der Waals surface area contributed by atoms with Crippen molar-refractivity contribution in [3.63, 3.8) is 0 Å². The van der Waals surface area contributed by atoms with Crippen molar-refractivity contribution in [1.82, 2.24) is 19.9 Å². The summed E-state index contributed by atoms with van der Waals surface area (Å²) in [6, 6.07) is 16.9. The van der Waals surface area contributed by atoms with Crippen molar-refractivity contribution in [3.8, 4) is 0 Å². The number of amides is 1. The Balaban J connectivity index is 0.000000309. The Labute approximate surface area is 285 Å². The number of aromatic amines is 1. The smallest absolute Gasteiger partial charge is 0.339 e. The minimum Gasteiger partial charge on any atom is -0.478 e. The summed E-state index contributed by atoms with van der Waals surface area (Å²) in [6.45, 7) is 6.03. The number of nitrogen functional groups attached to an aromatic ring is 1. The van der Waals surface area contributed by atoms with Crippen LogP contribution >= 0.6 is 50.5 Å². The van der Waals surface area contributed by atoms with Crippen LogP contribution in [0.3, 0.4) is 0 Å². The number of hydrogen-bond acceptors (Lipinski definition) is 8. The molecule has 46 heavy (non-hydrogen) atoms. The van der Waals surface area contributed by atoms with Gasteiger partial charge in [-0.1, -0.05) is 68.8 Å². The zero-order chi connectivity index (χ0) is 34.9. The van der Waals surface area contributed by atoms with E-state index >= 15 is 0 Å². The summed E-state index contributed by atoms with van der Waals surface area (Å²) in [4.78, 5) is 45.6. The fraction of sp³-hybridized carbons (Fsp3) is 0.200. The third-order valence-corrected chi connectivity index (χ3v) is 6.28. The minimum absolute atomic E-state index is 0.0533. The molecule has 0 aliphatic heterocycles. The fourth-order valence-electron chi connectivity index (χ4n) is 4.09. The molecule has 0 atom stereocenters. The van der Waals surface area contributed by atoms with Crippen molar-refractivity contribution in [1.29, 1.82) is 0 Å². The van der Waals surface area contributed by atoms with E-state index in [0.717, 1.165) is 40.4 Å². The van der Waals surface area contributed by atoms with Crippen LogP contribution in [-0.2, 0) is 28.6 Å². The van der Waals surface area contributed by atoms with Gasteiger partial charge in [0.2, 0.25) is 6.41 Å². The average molecular weight is 730 g/mol.